The molecule has 0 bridgehead atoms. The van der Waals surface area contributed by atoms with Gasteiger partial charge >= 0.3 is 6.18 Å². The summed E-state index contributed by atoms with van der Waals surface area (Å²) < 4.78 is 39.7. The van der Waals surface area contributed by atoms with Gasteiger partial charge in [0.15, 0.2) is 0 Å². The largest absolute Gasteiger partial charge is 0.433 e. The normalized spacial score (nSPS) is 12.9. The lowest BCUT2D eigenvalue weighted by Gasteiger charge is -2.11. The van der Waals surface area contributed by atoms with Gasteiger partial charge in [-0.25, -0.2) is 0 Å². The van der Waals surface area contributed by atoms with Crippen molar-refractivity contribution in [1.29, 1.82) is 5.26 Å². The highest BCUT2D eigenvalue weighted by Gasteiger charge is 2.32. The van der Waals surface area contributed by atoms with Gasteiger partial charge in [-0.15, -0.1) is 0 Å². The van der Waals surface area contributed by atoms with Gasteiger partial charge in [-0.2, -0.15) is 23.5 Å². The molecule has 3 aromatic rings. The highest BCUT2D eigenvalue weighted by Crippen LogP contribution is 2.30. The molecule has 6 nitrogen and oxygen atoms in total. The maximum atomic E-state index is 12.6. The van der Waals surface area contributed by atoms with Crippen molar-refractivity contribution in [2.75, 3.05) is 0 Å². The molecule has 160 valence electrons. The van der Waals surface area contributed by atoms with E-state index < -0.39 is 17.8 Å². The summed E-state index contributed by atoms with van der Waals surface area (Å²) in [7, 11) is 0. The second kappa shape index (κ2) is 9.18. The molecule has 1 amide bonds. The van der Waals surface area contributed by atoms with Crippen LogP contribution in [0.4, 0.5) is 13.2 Å². The van der Waals surface area contributed by atoms with Crippen LogP contribution >= 0.6 is 11.6 Å². The lowest BCUT2D eigenvalue weighted by Crippen LogP contribution is -2.10. The summed E-state index contributed by atoms with van der Waals surface area (Å²) in [5.74, 6) is -0.589. The topological polar surface area (TPSA) is 97.6 Å². The molecule has 0 fully saturated rings. The number of aryl methyl sites for hydroxylation is 2. The van der Waals surface area contributed by atoms with Crippen LogP contribution in [0.15, 0.2) is 42.6 Å². The van der Waals surface area contributed by atoms with Gasteiger partial charge in [-0.05, 0) is 55.7 Å². The summed E-state index contributed by atoms with van der Waals surface area (Å²) >= 11 is 5.61. The summed E-state index contributed by atoms with van der Waals surface area (Å²) in [6.07, 6.45) is -0.135. The summed E-state index contributed by atoms with van der Waals surface area (Å²) in [6.45, 7) is 0.840. The van der Waals surface area contributed by atoms with Gasteiger partial charge in [0.2, 0.25) is 5.91 Å². The number of halogens is 4. The van der Waals surface area contributed by atoms with Crippen LogP contribution in [-0.2, 0) is 19.1 Å². The molecule has 0 unspecified atom stereocenters. The number of carbonyl (C=O) groups is 1. The summed E-state index contributed by atoms with van der Waals surface area (Å²) in [6, 6.07) is 10.6. The zero-order valence-corrected chi connectivity index (χ0v) is 16.9. The standard InChI is InChI=1S/C13H12F3N3.C8H5ClN2O/c14-13(15,16)12-7-9(4-5-17-12)11-8-10-3-1-2-6-19(10)18-11;9-7-2-5(4-10)1-6(3-7)8(11)12/h4-5,7-8H,1-3,6H2;1-3H,(H2,11,12). The third-order valence-corrected chi connectivity index (χ3v) is 4.79. The van der Waals surface area contributed by atoms with Gasteiger partial charge < -0.3 is 5.73 Å². The Kier molecular flexibility index (Phi) is 6.61. The maximum Gasteiger partial charge on any atom is 0.433 e. The number of carbonyl (C=O) groups excluding carboxylic acids is 1. The molecule has 2 aromatic heterocycles. The first-order chi connectivity index (χ1) is 14.7. The SMILES string of the molecule is FC(F)(F)c1cc(-c2cc3n(n2)CCCC3)ccn1.N#Cc1cc(Cl)cc(C(N)=O)c1. The fourth-order valence-corrected chi connectivity index (χ4v) is 3.34. The van der Waals surface area contributed by atoms with Gasteiger partial charge in [-0.1, -0.05) is 11.6 Å². The predicted molar refractivity (Wildman–Crippen MR) is 108 cm³/mol. The third kappa shape index (κ3) is 5.61. The Hall–Kier alpha value is -3.38. The molecule has 0 saturated carbocycles. The minimum absolute atomic E-state index is 0.249. The van der Waals surface area contributed by atoms with E-state index in [-0.39, 0.29) is 5.56 Å². The Bertz CT molecular complexity index is 1130. The molecule has 3 heterocycles. The fraction of sp³-hybridized carbons (Fsp3) is 0.238. The lowest BCUT2D eigenvalue weighted by molar-refractivity contribution is -0.141. The smallest absolute Gasteiger partial charge is 0.366 e. The molecule has 0 radical (unpaired) electrons. The first kappa shape index (κ1) is 22.3. The molecule has 0 spiro atoms. The number of alkyl halides is 3. The molecular weight excluding hydrogens is 431 g/mol. The number of hydrogen-bond donors (Lipinski definition) is 1. The molecule has 1 aliphatic heterocycles. The average molecular weight is 448 g/mol. The van der Waals surface area contributed by atoms with E-state index in [2.05, 4.69) is 10.1 Å². The number of nitrogens with two attached hydrogens (primary N) is 1. The van der Waals surface area contributed by atoms with Crippen LogP contribution in [0.1, 0.15) is 40.2 Å². The highest BCUT2D eigenvalue weighted by atomic mass is 35.5. The van der Waals surface area contributed by atoms with Crippen LogP contribution in [0.25, 0.3) is 11.3 Å². The van der Waals surface area contributed by atoms with Crippen molar-refractivity contribution < 1.29 is 18.0 Å². The van der Waals surface area contributed by atoms with Crippen molar-refractivity contribution >= 4 is 17.5 Å². The number of fused-ring (bicyclic) bond motifs is 1. The summed E-state index contributed by atoms with van der Waals surface area (Å²) in [4.78, 5) is 14.0. The van der Waals surface area contributed by atoms with Gasteiger partial charge in [0.25, 0.3) is 0 Å². The van der Waals surface area contributed by atoms with Crippen LogP contribution < -0.4 is 5.73 Å². The summed E-state index contributed by atoms with van der Waals surface area (Å²) in [5.41, 5.74) is 6.84. The van der Waals surface area contributed by atoms with Gasteiger partial charge in [0.1, 0.15) is 5.69 Å². The zero-order chi connectivity index (χ0) is 22.6. The second-order valence-electron chi connectivity index (χ2n) is 6.83. The number of amides is 1. The van der Waals surface area contributed by atoms with E-state index in [0.717, 1.165) is 37.6 Å². The zero-order valence-electron chi connectivity index (χ0n) is 16.2. The first-order valence-electron chi connectivity index (χ1n) is 9.28. The Morgan fingerprint density at radius 1 is 1.19 bits per heavy atom. The lowest BCUT2D eigenvalue weighted by atomic mass is 10.1. The minimum Gasteiger partial charge on any atom is -0.366 e. The number of benzene rings is 1. The Morgan fingerprint density at radius 3 is 2.61 bits per heavy atom. The monoisotopic (exact) mass is 447 g/mol. The van der Waals surface area contributed by atoms with E-state index >= 15 is 0 Å². The average Bonchev–Trinajstić information content (AvgIpc) is 3.17. The van der Waals surface area contributed by atoms with E-state index in [1.165, 1.54) is 24.4 Å². The van der Waals surface area contributed by atoms with Crippen LogP contribution in [0, 0.1) is 11.3 Å². The van der Waals surface area contributed by atoms with Crippen molar-refractivity contribution in [3.05, 3.63) is 70.1 Å². The number of nitrogens with zero attached hydrogens (tertiary/aromatic N) is 4. The number of pyridine rings is 1. The Morgan fingerprint density at radius 2 is 1.97 bits per heavy atom. The molecule has 31 heavy (non-hydrogen) atoms. The van der Waals surface area contributed by atoms with Crippen LogP contribution in [-0.4, -0.2) is 20.7 Å². The third-order valence-electron chi connectivity index (χ3n) is 4.57. The molecule has 1 aliphatic rings. The van der Waals surface area contributed by atoms with Gasteiger partial charge in [0.05, 0.1) is 17.3 Å². The molecular formula is C21H17ClF3N5O. The Balaban J connectivity index is 0.000000196. The van der Waals surface area contributed by atoms with Crippen molar-refractivity contribution in [3.63, 3.8) is 0 Å². The number of primary amides is 1. The summed E-state index contributed by atoms with van der Waals surface area (Å²) in [5, 5.41) is 13.2. The molecule has 1 aromatic carbocycles. The highest BCUT2D eigenvalue weighted by molar-refractivity contribution is 6.31. The first-order valence-corrected chi connectivity index (χ1v) is 9.66. The van der Waals surface area contributed by atoms with Crippen LogP contribution in [0.3, 0.4) is 0 Å². The molecule has 4 rings (SSSR count). The van der Waals surface area contributed by atoms with E-state index in [0.29, 0.717) is 21.8 Å². The van der Waals surface area contributed by atoms with E-state index in [9.17, 15) is 18.0 Å². The molecule has 10 heteroatoms. The van der Waals surface area contributed by atoms with Crippen molar-refractivity contribution in [2.45, 2.75) is 32.0 Å². The number of hydrogen-bond acceptors (Lipinski definition) is 4. The van der Waals surface area contributed by atoms with Crippen LogP contribution in [0.5, 0.6) is 0 Å². The minimum atomic E-state index is -4.42. The van der Waals surface area contributed by atoms with Crippen molar-refractivity contribution in [2.24, 2.45) is 5.73 Å². The van der Waals surface area contributed by atoms with Crippen molar-refractivity contribution in [3.8, 4) is 17.3 Å². The fourth-order valence-electron chi connectivity index (χ4n) is 3.10. The van der Waals surface area contributed by atoms with Gasteiger partial charge in [0, 0.05) is 34.6 Å². The van der Waals surface area contributed by atoms with Crippen molar-refractivity contribution in [1.82, 2.24) is 14.8 Å². The van der Waals surface area contributed by atoms with Crippen LogP contribution in [0.2, 0.25) is 5.02 Å². The maximum absolute atomic E-state index is 12.6. The molecule has 0 aliphatic carbocycles. The van der Waals surface area contributed by atoms with E-state index in [1.807, 2.05) is 16.8 Å². The Labute approximate surface area is 181 Å². The number of rotatable bonds is 2. The molecule has 0 atom stereocenters. The predicted octanol–water partition coefficient (Wildman–Crippen LogP) is 4.61. The van der Waals surface area contributed by atoms with Gasteiger partial charge in [-0.3, -0.25) is 14.5 Å². The van der Waals surface area contributed by atoms with E-state index in [4.69, 9.17) is 22.6 Å². The second-order valence-corrected chi connectivity index (χ2v) is 7.27. The quantitative estimate of drug-likeness (QED) is 0.620. The molecule has 2 N–H and O–H groups in total. The van der Waals surface area contributed by atoms with E-state index in [1.54, 1.807) is 6.07 Å². The number of aromatic nitrogens is 3. The number of nitriles is 1. The molecule has 0 saturated heterocycles.